The molecule has 0 aromatic rings. The summed E-state index contributed by atoms with van der Waals surface area (Å²) in [5.41, 5.74) is 1.01. The van der Waals surface area contributed by atoms with E-state index in [1.54, 1.807) is 0 Å². The second-order valence-corrected chi connectivity index (χ2v) is 7.56. The Morgan fingerprint density at radius 2 is 1.82 bits per heavy atom. The van der Waals surface area contributed by atoms with Crippen LogP contribution in [0, 0.1) is 22.7 Å². The van der Waals surface area contributed by atoms with Gasteiger partial charge in [0.25, 0.3) is 0 Å². The number of carbonyl (C=O) groups excluding carboxylic acids is 1. The number of likely N-dealkylation sites (tertiary alicyclic amines) is 1. The first kappa shape index (κ1) is 11.6. The molecule has 96 valence electrons. The number of amides is 1. The van der Waals surface area contributed by atoms with Gasteiger partial charge < -0.3 is 4.90 Å². The Hall–Kier alpha value is -0.530. The van der Waals surface area contributed by atoms with Crippen molar-refractivity contribution in [1.82, 2.24) is 4.90 Å². The molecule has 3 rings (SSSR count). The fraction of sp³-hybridized carbons (Fsp3) is 0.933. The molecule has 2 heteroatoms. The second kappa shape index (κ2) is 3.49. The maximum absolute atomic E-state index is 11.9. The molecule has 3 fully saturated rings. The zero-order valence-electron chi connectivity index (χ0n) is 11.5. The van der Waals surface area contributed by atoms with E-state index in [-0.39, 0.29) is 0 Å². The monoisotopic (exact) mass is 235 g/mol. The zero-order chi connectivity index (χ0) is 12.3. The molecule has 1 spiro atoms. The molecule has 3 aliphatic rings. The SMILES string of the molecule is CC1CC2(CCC1(C)C)CN(C(=O)C1CC1)C2. The Morgan fingerprint density at radius 3 is 2.35 bits per heavy atom. The number of hydrogen-bond acceptors (Lipinski definition) is 1. The maximum Gasteiger partial charge on any atom is 0.225 e. The summed E-state index contributed by atoms with van der Waals surface area (Å²) in [5.74, 6) is 1.66. The van der Waals surface area contributed by atoms with Crippen LogP contribution in [0.5, 0.6) is 0 Å². The van der Waals surface area contributed by atoms with Gasteiger partial charge in [-0.3, -0.25) is 4.79 Å². The third-order valence-corrected chi connectivity index (χ3v) is 5.66. The average Bonchev–Trinajstić information content (AvgIpc) is 3.01. The van der Waals surface area contributed by atoms with E-state index in [1.165, 1.54) is 19.3 Å². The smallest absolute Gasteiger partial charge is 0.225 e. The highest BCUT2D eigenvalue weighted by Crippen LogP contribution is 2.53. The van der Waals surface area contributed by atoms with Crippen LogP contribution < -0.4 is 0 Å². The Balaban J connectivity index is 1.58. The second-order valence-electron chi connectivity index (χ2n) is 7.56. The minimum absolute atomic E-state index is 0.407. The molecule has 0 bridgehead atoms. The molecule has 2 saturated carbocycles. The normalized spacial score (nSPS) is 34.5. The van der Waals surface area contributed by atoms with Crippen molar-refractivity contribution in [1.29, 1.82) is 0 Å². The van der Waals surface area contributed by atoms with Gasteiger partial charge in [0, 0.05) is 24.4 Å². The Kier molecular flexibility index (Phi) is 2.37. The van der Waals surface area contributed by atoms with Crippen LogP contribution in [0.2, 0.25) is 0 Å². The molecular weight excluding hydrogens is 210 g/mol. The molecule has 1 unspecified atom stereocenters. The fourth-order valence-corrected chi connectivity index (χ4v) is 3.66. The summed E-state index contributed by atoms with van der Waals surface area (Å²) in [5, 5.41) is 0. The summed E-state index contributed by atoms with van der Waals surface area (Å²) < 4.78 is 0. The van der Waals surface area contributed by atoms with E-state index >= 15 is 0 Å². The van der Waals surface area contributed by atoms with Gasteiger partial charge in [-0.1, -0.05) is 20.8 Å². The minimum atomic E-state index is 0.407. The van der Waals surface area contributed by atoms with Crippen LogP contribution in [0.25, 0.3) is 0 Å². The van der Waals surface area contributed by atoms with Gasteiger partial charge in [0.1, 0.15) is 0 Å². The molecule has 1 atom stereocenters. The third-order valence-electron chi connectivity index (χ3n) is 5.66. The van der Waals surface area contributed by atoms with Crippen LogP contribution in [0.15, 0.2) is 0 Å². The van der Waals surface area contributed by atoms with Crippen molar-refractivity contribution in [2.24, 2.45) is 22.7 Å². The van der Waals surface area contributed by atoms with E-state index in [1.807, 2.05) is 0 Å². The lowest BCUT2D eigenvalue weighted by Gasteiger charge is -2.57. The molecule has 2 aliphatic carbocycles. The first-order valence-electron chi connectivity index (χ1n) is 7.21. The fourth-order valence-electron chi connectivity index (χ4n) is 3.66. The summed E-state index contributed by atoms with van der Waals surface area (Å²) in [4.78, 5) is 14.1. The lowest BCUT2D eigenvalue weighted by atomic mass is 9.57. The third kappa shape index (κ3) is 1.90. The molecule has 1 heterocycles. The van der Waals surface area contributed by atoms with E-state index in [4.69, 9.17) is 0 Å². The van der Waals surface area contributed by atoms with Crippen molar-refractivity contribution in [3.05, 3.63) is 0 Å². The standard InChI is InChI=1S/C15H25NO/c1-11-8-15(7-6-14(11,2)3)9-16(10-15)13(17)12-4-5-12/h11-12H,4-10H2,1-3H3. The van der Waals surface area contributed by atoms with Gasteiger partial charge in [-0.15, -0.1) is 0 Å². The number of rotatable bonds is 1. The van der Waals surface area contributed by atoms with Gasteiger partial charge in [-0.25, -0.2) is 0 Å². The number of carbonyl (C=O) groups is 1. The molecule has 1 amide bonds. The molecule has 0 aromatic heterocycles. The van der Waals surface area contributed by atoms with Crippen molar-refractivity contribution in [2.45, 2.75) is 52.9 Å². The predicted octanol–water partition coefficient (Wildman–Crippen LogP) is 3.07. The van der Waals surface area contributed by atoms with E-state index in [0.29, 0.717) is 22.7 Å². The van der Waals surface area contributed by atoms with Gasteiger partial charge in [0.2, 0.25) is 5.91 Å². The molecule has 1 aliphatic heterocycles. The maximum atomic E-state index is 11.9. The minimum Gasteiger partial charge on any atom is -0.341 e. The van der Waals surface area contributed by atoms with E-state index in [0.717, 1.165) is 31.8 Å². The van der Waals surface area contributed by atoms with Crippen molar-refractivity contribution < 1.29 is 4.79 Å². The van der Waals surface area contributed by atoms with Crippen molar-refractivity contribution in [3.63, 3.8) is 0 Å². The summed E-state index contributed by atoms with van der Waals surface area (Å²) in [6.45, 7) is 9.31. The topological polar surface area (TPSA) is 20.3 Å². The van der Waals surface area contributed by atoms with Gasteiger partial charge in [-0.2, -0.15) is 0 Å². The predicted molar refractivity (Wildman–Crippen MR) is 68.5 cm³/mol. The molecular formula is C15H25NO. The van der Waals surface area contributed by atoms with Crippen LogP contribution in [0.4, 0.5) is 0 Å². The Bertz CT molecular complexity index is 337. The van der Waals surface area contributed by atoms with Crippen LogP contribution in [-0.2, 0) is 4.79 Å². The zero-order valence-corrected chi connectivity index (χ0v) is 11.5. The van der Waals surface area contributed by atoms with E-state index < -0.39 is 0 Å². The van der Waals surface area contributed by atoms with Crippen LogP contribution in [0.3, 0.4) is 0 Å². The highest BCUT2D eigenvalue weighted by Gasteiger charge is 2.52. The largest absolute Gasteiger partial charge is 0.341 e. The summed E-state index contributed by atoms with van der Waals surface area (Å²) in [7, 11) is 0. The molecule has 17 heavy (non-hydrogen) atoms. The summed E-state index contributed by atoms with van der Waals surface area (Å²) in [6, 6.07) is 0. The summed E-state index contributed by atoms with van der Waals surface area (Å²) in [6.07, 6.45) is 6.28. The number of nitrogens with zero attached hydrogens (tertiary/aromatic N) is 1. The summed E-state index contributed by atoms with van der Waals surface area (Å²) >= 11 is 0. The Morgan fingerprint density at radius 1 is 1.18 bits per heavy atom. The van der Waals surface area contributed by atoms with Crippen LogP contribution >= 0.6 is 0 Å². The molecule has 1 saturated heterocycles. The van der Waals surface area contributed by atoms with E-state index in [9.17, 15) is 4.79 Å². The first-order chi connectivity index (χ1) is 7.92. The first-order valence-corrected chi connectivity index (χ1v) is 7.21. The van der Waals surface area contributed by atoms with E-state index in [2.05, 4.69) is 25.7 Å². The highest BCUT2D eigenvalue weighted by molar-refractivity contribution is 5.82. The van der Waals surface area contributed by atoms with Crippen molar-refractivity contribution in [2.75, 3.05) is 13.1 Å². The van der Waals surface area contributed by atoms with Gasteiger partial charge >= 0.3 is 0 Å². The van der Waals surface area contributed by atoms with Gasteiger partial charge in [0.15, 0.2) is 0 Å². The van der Waals surface area contributed by atoms with Gasteiger partial charge in [-0.05, 0) is 43.4 Å². The molecule has 2 nitrogen and oxygen atoms in total. The quantitative estimate of drug-likeness (QED) is 0.684. The van der Waals surface area contributed by atoms with Crippen molar-refractivity contribution >= 4 is 5.91 Å². The molecule has 0 aromatic carbocycles. The highest BCUT2D eigenvalue weighted by atomic mass is 16.2. The van der Waals surface area contributed by atoms with Gasteiger partial charge in [0.05, 0.1) is 0 Å². The molecule has 0 radical (unpaired) electrons. The lowest BCUT2D eigenvalue weighted by molar-refractivity contribution is -0.151. The number of hydrogen-bond donors (Lipinski definition) is 0. The molecule has 0 N–H and O–H groups in total. The average molecular weight is 235 g/mol. The van der Waals surface area contributed by atoms with Crippen LogP contribution in [-0.4, -0.2) is 23.9 Å². The van der Waals surface area contributed by atoms with Crippen LogP contribution in [0.1, 0.15) is 52.9 Å². The Labute approximate surface area is 105 Å². The lowest BCUT2D eigenvalue weighted by Crippen LogP contribution is -2.61. The van der Waals surface area contributed by atoms with Crippen molar-refractivity contribution in [3.8, 4) is 0 Å².